The molecule has 0 atom stereocenters. The van der Waals surface area contributed by atoms with Crippen LogP contribution >= 0.6 is 11.8 Å². The van der Waals surface area contributed by atoms with Gasteiger partial charge in [0.1, 0.15) is 0 Å². The largest absolute Gasteiger partial charge is 0.416 e. The number of H-pyrrole nitrogens is 1. The number of nitrogens with zero attached hydrogens (tertiary/aromatic N) is 1. The van der Waals surface area contributed by atoms with Gasteiger partial charge < -0.3 is 10.6 Å². The van der Waals surface area contributed by atoms with Gasteiger partial charge in [0.15, 0.2) is 5.82 Å². The van der Waals surface area contributed by atoms with Gasteiger partial charge in [-0.3, -0.25) is 14.7 Å². The third-order valence-corrected chi connectivity index (χ3v) is 5.61. The van der Waals surface area contributed by atoms with E-state index in [2.05, 4.69) is 20.8 Å². The summed E-state index contributed by atoms with van der Waals surface area (Å²) in [5, 5.41) is 13.1. The minimum atomic E-state index is -4.45. The number of rotatable bonds is 5. The van der Waals surface area contributed by atoms with Gasteiger partial charge in [-0.15, -0.1) is 0 Å². The van der Waals surface area contributed by atoms with Crippen LogP contribution < -0.4 is 10.6 Å². The maximum atomic E-state index is 12.7. The quantitative estimate of drug-likeness (QED) is 0.337. The van der Waals surface area contributed by atoms with Gasteiger partial charge in [0.2, 0.25) is 5.91 Å². The summed E-state index contributed by atoms with van der Waals surface area (Å²) in [6.45, 7) is 1.41. The molecule has 6 nitrogen and oxygen atoms in total. The molecule has 0 fully saturated rings. The summed E-state index contributed by atoms with van der Waals surface area (Å²) in [6.07, 6.45) is -4.45. The first-order valence-corrected chi connectivity index (χ1v) is 10.5. The molecule has 3 aromatic carbocycles. The van der Waals surface area contributed by atoms with Crippen LogP contribution in [0.5, 0.6) is 0 Å². The normalized spacial score (nSPS) is 11.4. The minimum absolute atomic E-state index is 0.126. The predicted molar refractivity (Wildman–Crippen MR) is 120 cm³/mol. The van der Waals surface area contributed by atoms with Crippen molar-refractivity contribution >= 4 is 46.0 Å². The molecule has 0 spiro atoms. The summed E-state index contributed by atoms with van der Waals surface area (Å²) in [5.41, 5.74) is 0.590. The van der Waals surface area contributed by atoms with Gasteiger partial charge in [-0.25, -0.2) is 0 Å². The lowest BCUT2D eigenvalue weighted by molar-refractivity contribution is -0.137. The van der Waals surface area contributed by atoms with Crippen LogP contribution in [-0.2, 0) is 11.0 Å². The van der Waals surface area contributed by atoms with Gasteiger partial charge in [0.05, 0.1) is 11.1 Å². The number of halogens is 3. The van der Waals surface area contributed by atoms with Crippen molar-refractivity contribution in [2.24, 2.45) is 0 Å². The van der Waals surface area contributed by atoms with E-state index in [1.807, 2.05) is 24.3 Å². The van der Waals surface area contributed by atoms with E-state index < -0.39 is 17.6 Å². The van der Waals surface area contributed by atoms with E-state index in [4.69, 9.17) is 0 Å². The number of alkyl halides is 3. The van der Waals surface area contributed by atoms with Crippen LogP contribution in [0.25, 0.3) is 10.9 Å². The Bertz CT molecular complexity index is 1330. The first kappa shape index (κ1) is 22.4. The standard InChI is InChI=1S/C23H17F3N4O2S/c1-13(31)27-21-19-10-9-18(12-20(19)29-30-21)33-17-4-2-3-16(11-17)28-22(32)14-5-7-15(8-6-14)23(24,25)26/h2-12H,1H3,(H,28,32)(H2,27,29,30,31). The third kappa shape index (κ3) is 5.35. The molecule has 4 aromatic rings. The molecule has 3 N–H and O–H groups in total. The summed E-state index contributed by atoms with van der Waals surface area (Å²) in [4.78, 5) is 25.5. The first-order chi connectivity index (χ1) is 15.7. The van der Waals surface area contributed by atoms with E-state index in [0.29, 0.717) is 11.5 Å². The lowest BCUT2D eigenvalue weighted by Gasteiger charge is -2.09. The number of fused-ring (bicyclic) bond motifs is 1. The third-order valence-electron chi connectivity index (χ3n) is 4.63. The minimum Gasteiger partial charge on any atom is -0.322 e. The monoisotopic (exact) mass is 470 g/mol. The molecule has 0 radical (unpaired) electrons. The number of hydrogen-bond acceptors (Lipinski definition) is 4. The Balaban J connectivity index is 1.46. The SMILES string of the molecule is CC(=O)Nc1n[nH]c2cc(Sc3cccc(NC(=O)c4ccc(C(F)(F)F)cc4)c3)ccc12. The van der Waals surface area contributed by atoms with Crippen molar-refractivity contribution in [3.05, 3.63) is 77.9 Å². The highest BCUT2D eigenvalue weighted by atomic mass is 32.2. The summed E-state index contributed by atoms with van der Waals surface area (Å²) < 4.78 is 38.1. The maximum Gasteiger partial charge on any atom is 0.416 e. The highest BCUT2D eigenvalue weighted by molar-refractivity contribution is 7.99. The van der Waals surface area contributed by atoms with Gasteiger partial charge >= 0.3 is 6.18 Å². The van der Waals surface area contributed by atoms with Crippen LogP contribution in [0.3, 0.4) is 0 Å². The zero-order valence-electron chi connectivity index (χ0n) is 17.2. The van der Waals surface area contributed by atoms with E-state index >= 15 is 0 Å². The molecule has 2 amide bonds. The van der Waals surface area contributed by atoms with Crippen LogP contribution in [0.2, 0.25) is 0 Å². The van der Waals surface area contributed by atoms with Crippen molar-refractivity contribution in [2.45, 2.75) is 22.9 Å². The van der Waals surface area contributed by atoms with E-state index in [1.54, 1.807) is 18.2 Å². The van der Waals surface area contributed by atoms with Gasteiger partial charge in [0, 0.05) is 33.4 Å². The number of aromatic nitrogens is 2. The summed E-state index contributed by atoms with van der Waals surface area (Å²) in [5.74, 6) is -0.255. The van der Waals surface area contributed by atoms with E-state index in [9.17, 15) is 22.8 Å². The molecule has 33 heavy (non-hydrogen) atoms. The van der Waals surface area contributed by atoms with Crippen molar-refractivity contribution in [3.8, 4) is 0 Å². The fraction of sp³-hybridized carbons (Fsp3) is 0.0870. The molecule has 0 aliphatic heterocycles. The molecule has 168 valence electrons. The van der Waals surface area contributed by atoms with Crippen molar-refractivity contribution in [1.82, 2.24) is 10.2 Å². The second-order valence-electron chi connectivity index (χ2n) is 7.12. The molecule has 10 heteroatoms. The first-order valence-electron chi connectivity index (χ1n) is 9.71. The Hall–Kier alpha value is -3.79. The second kappa shape index (κ2) is 8.99. The number of nitrogens with one attached hydrogen (secondary N) is 3. The van der Waals surface area contributed by atoms with Crippen LogP contribution in [0, 0.1) is 0 Å². The highest BCUT2D eigenvalue weighted by Gasteiger charge is 2.30. The Kier molecular flexibility index (Phi) is 6.10. The van der Waals surface area contributed by atoms with Crippen molar-refractivity contribution in [2.75, 3.05) is 10.6 Å². The molecule has 1 aromatic heterocycles. The topological polar surface area (TPSA) is 86.9 Å². The fourth-order valence-corrected chi connectivity index (χ4v) is 4.03. The highest BCUT2D eigenvalue weighted by Crippen LogP contribution is 2.33. The molecular formula is C23H17F3N4O2S. The predicted octanol–water partition coefficient (Wildman–Crippen LogP) is 5.94. The number of hydrogen-bond donors (Lipinski definition) is 3. The van der Waals surface area contributed by atoms with Gasteiger partial charge in [-0.05, 0) is 60.7 Å². The number of aromatic amines is 1. The van der Waals surface area contributed by atoms with Crippen molar-refractivity contribution in [3.63, 3.8) is 0 Å². The maximum absolute atomic E-state index is 12.7. The lowest BCUT2D eigenvalue weighted by atomic mass is 10.1. The van der Waals surface area contributed by atoms with Crippen LogP contribution in [0.4, 0.5) is 24.7 Å². The number of carbonyl (C=O) groups excluding carboxylic acids is 2. The molecule has 0 unspecified atom stereocenters. The Labute approximate surface area is 190 Å². The smallest absolute Gasteiger partial charge is 0.322 e. The Morgan fingerprint density at radius 1 is 0.939 bits per heavy atom. The number of anilines is 2. The van der Waals surface area contributed by atoms with Gasteiger partial charge in [0.25, 0.3) is 5.91 Å². The summed E-state index contributed by atoms with van der Waals surface area (Å²) >= 11 is 1.46. The fourth-order valence-electron chi connectivity index (χ4n) is 3.11. The van der Waals surface area contributed by atoms with Crippen molar-refractivity contribution < 1.29 is 22.8 Å². The van der Waals surface area contributed by atoms with Gasteiger partial charge in [-0.2, -0.15) is 18.3 Å². The van der Waals surface area contributed by atoms with E-state index in [-0.39, 0.29) is 11.5 Å². The average Bonchev–Trinajstić information content (AvgIpc) is 3.15. The zero-order valence-corrected chi connectivity index (χ0v) is 18.0. The van der Waals surface area contributed by atoms with Crippen LogP contribution in [0.15, 0.2) is 76.5 Å². The van der Waals surface area contributed by atoms with Crippen molar-refractivity contribution in [1.29, 1.82) is 0 Å². The number of carbonyl (C=O) groups is 2. The Morgan fingerprint density at radius 2 is 1.67 bits per heavy atom. The van der Waals surface area contributed by atoms with E-state index in [0.717, 1.165) is 45.0 Å². The Morgan fingerprint density at radius 3 is 2.36 bits per heavy atom. The molecule has 0 saturated heterocycles. The van der Waals surface area contributed by atoms with E-state index in [1.165, 1.54) is 18.7 Å². The molecule has 4 rings (SSSR count). The average molecular weight is 470 g/mol. The molecule has 0 aliphatic rings. The van der Waals surface area contributed by atoms with Gasteiger partial charge in [-0.1, -0.05) is 17.8 Å². The second-order valence-corrected chi connectivity index (χ2v) is 8.27. The molecule has 0 aliphatic carbocycles. The van der Waals surface area contributed by atoms with Crippen LogP contribution in [0.1, 0.15) is 22.8 Å². The lowest BCUT2D eigenvalue weighted by Crippen LogP contribution is -2.12. The molecule has 1 heterocycles. The summed E-state index contributed by atoms with van der Waals surface area (Å²) in [6, 6.07) is 16.8. The van der Waals surface area contributed by atoms with Crippen LogP contribution in [-0.4, -0.2) is 22.0 Å². The number of benzene rings is 3. The molecular weight excluding hydrogens is 453 g/mol. The molecule has 0 saturated carbocycles. The number of amides is 2. The summed E-state index contributed by atoms with van der Waals surface area (Å²) in [7, 11) is 0. The molecule has 0 bridgehead atoms. The zero-order chi connectivity index (χ0) is 23.6.